The van der Waals surface area contributed by atoms with E-state index in [-0.39, 0.29) is 22.2 Å². The quantitative estimate of drug-likeness (QED) is 0.365. The lowest BCUT2D eigenvalue weighted by atomic mass is 10.1. The predicted octanol–water partition coefficient (Wildman–Crippen LogP) is 4.24. The summed E-state index contributed by atoms with van der Waals surface area (Å²) < 4.78 is 22.9. The van der Waals surface area contributed by atoms with Crippen molar-refractivity contribution in [2.75, 3.05) is 51.2 Å². The smallest absolute Gasteiger partial charge is 0.241 e. The Morgan fingerprint density at radius 3 is 2.47 bits per heavy atom. The molecule has 2 aromatic heterocycles. The molecule has 0 saturated carbocycles. The second-order valence-corrected chi connectivity index (χ2v) is 10.7. The number of nitrogens with zero attached hydrogens (tertiary/aromatic N) is 6. The highest BCUT2D eigenvalue weighted by atomic mass is 35.5. The highest BCUT2D eigenvalue weighted by Crippen LogP contribution is 2.28. The minimum absolute atomic E-state index is 0.222. The molecule has 2 aromatic carbocycles. The van der Waals surface area contributed by atoms with Gasteiger partial charge in [-0.05, 0) is 62.8 Å². The molecule has 2 fully saturated rings. The van der Waals surface area contributed by atoms with Gasteiger partial charge in [0.05, 0.1) is 23.3 Å². The number of anilines is 1. The molecule has 0 aliphatic carbocycles. The van der Waals surface area contributed by atoms with Crippen molar-refractivity contribution in [3.05, 3.63) is 75.1 Å². The average Bonchev–Trinajstić information content (AvgIpc) is 3.60. The minimum Gasteiger partial charge on any atom is -0.367 e. The van der Waals surface area contributed by atoms with E-state index < -0.39 is 5.82 Å². The second-order valence-electron chi connectivity index (χ2n) is 10.2. The van der Waals surface area contributed by atoms with E-state index >= 15 is 4.39 Å². The van der Waals surface area contributed by atoms with Crippen LogP contribution in [-0.2, 0) is 13.1 Å². The third kappa shape index (κ3) is 5.06. The summed E-state index contributed by atoms with van der Waals surface area (Å²) in [7, 11) is 2.06. The van der Waals surface area contributed by atoms with E-state index in [2.05, 4.69) is 27.0 Å². The number of benzene rings is 2. The number of rotatable bonds is 6. The fourth-order valence-electron chi connectivity index (χ4n) is 5.33. The van der Waals surface area contributed by atoms with Crippen LogP contribution in [0.25, 0.3) is 22.3 Å². The second kappa shape index (κ2) is 10.5. The first-order chi connectivity index (χ1) is 18.4. The molecule has 0 amide bonds. The monoisotopic (exact) mass is 536 g/mol. The molecule has 8 nitrogen and oxygen atoms in total. The van der Waals surface area contributed by atoms with Gasteiger partial charge in [0.2, 0.25) is 17.1 Å². The van der Waals surface area contributed by atoms with Gasteiger partial charge in [-0.1, -0.05) is 28.9 Å². The summed E-state index contributed by atoms with van der Waals surface area (Å²) in [6, 6.07) is 10.7. The van der Waals surface area contributed by atoms with Gasteiger partial charge in [0.1, 0.15) is 5.82 Å². The summed E-state index contributed by atoms with van der Waals surface area (Å²) in [4.78, 5) is 24.7. The minimum atomic E-state index is -0.405. The van der Waals surface area contributed by atoms with Crippen molar-refractivity contribution >= 4 is 28.2 Å². The average molecular weight is 537 g/mol. The molecular weight excluding hydrogens is 507 g/mol. The molecule has 0 spiro atoms. The number of likely N-dealkylation sites (tertiary alicyclic amines) is 1. The Morgan fingerprint density at radius 2 is 1.74 bits per heavy atom. The molecule has 10 heteroatoms. The van der Waals surface area contributed by atoms with E-state index in [9.17, 15) is 4.79 Å². The standard InChI is InChI=1S/C28H30ClFN6O2/c1-33-10-12-35(13-11-33)25-15-24-21(14-23(25)30)27(37)22(17-36(24)16-19-4-6-20(29)7-5-19)28-31-26(38-32-28)18-34-8-2-3-9-34/h4-7,14-15,17H,2-3,8-13,16,18H2,1H3. The largest absolute Gasteiger partial charge is 0.367 e. The summed E-state index contributed by atoms with van der Waals surface area (Å²) in [6.45, 7) is 6.17. The zero-order valence-corrected chi connectivity index (χ0v) is 22.1. The van der Waals surface area contributed by atoms with Gasteiger partial charge in [-0.2, -0.15) is 4.98 Å². The van der Waals surface area contributed by atoms with Gasteiger partial charge >= 0.3 is 0 Å². The highest BCUT2D eigenvalue weighted by Gasteiger charge is 2.23. The van der Waals surface area contributed by atoms with Crippen molar-refractivity contribution in [3.63, 3.8) is 0 Å². The van der Waals surface area contributed by atoms with Crippen LogP contribution in [0.4, 0.5) is 10.1 Å². The van der Waals surface area contributed by atoms with Crippen molar-refractivity contribution in [2.45, 2.75) is 25.9 Å². The van der Waals surface area contributed by atoms with E-state index in [0.717, 1.165) is 57.7 Å². The summed E-state index contributed by atoms with van der Waals surface area (Å²) in [5, 5.41) is 5.06. The number of piperazine rings is 1. The van der Waals surface area contributed by atoms with E-state index in [1.807, 2.05) is 33.7 Å². The molecule has 4 aromatic rings. The fraction of sp³-hybridized carbons (Fsp3) is 0.393. The zero-order valence-electron chi connectivity index (χ0n) is 21.4. The third-order valence-electron chi connectivity index (χ3n) is 7.53. The maximum absolute atomic E-state index is 15.5. The molecule has 38 heavy (non-hydrogen) atoms. The predicted molar refractivity (Wildman–Crippen MR) is 146 cm³/mol. The summed E-state index contributed by atoms with van der Waals surface area (Å²) in [5.41, 5.74) is 2.14. The Hall–Kier alpha value is -3.27. The fourth-order valence-corrected chi connectivity index (χ4v) is 5.45. The molecule has 0 N–H and O–H groups in total. The zero-order chi connectivity index (χ0) is 26.2. The van der Waals surface area contributed by atoms with Crippen LogP contribution >= 0.6 is 11.6 Å². The van der Waals surface area contributed by atoms with E-state index in [4.69, 9.17) is 16.1 Å². The maximum Gasteiger partial charge on any atom is 0.241 e. The van der Waals surface area contributed by atoms with Crippen molar-refractivity contribution in [1.82, 2.24) is 24.5 Å². The Labute approximate surface area is 225 Å². The van der Waals surface area contributed by atoms with Gasteiger partial charge in [-0.15, -0.1) is 0 Å². The van der Waals surface area contributed by atoms with Gasteiger partial charge in [0.25, 0.3) is 0 Å². The Kier molecular flexibility index (Phi) is 6.90. The topological polar surface area (TPSA) is 70.6 Å². The van der Waals surface area contributed by atoms with Gasteiger partial charge < -0.3 is 18.9 Å². The van der Waals surface area contributed by atoms with Gasteiger partial charge in [0, 0.05) is 49.3 Å². The Morgan fingerprint density at radius 1 is 1.00 bits per heavy atom. The molecule has 0 atom stereocenters. The summed E-state index contributed by atoms with van der Waals surface area (Å²) >= 11 is 6.10. The molecule has 0 bridgehead atoms. The van der Waals surface area contributed by atoms with E-state index in [1.54, 1.807) is 12.3 Å². The summed E-state index contributed by atoms with van der Waals surface area (Å²) in [6.07, 6.45) is 4.07. The lowest BCUT2D eigenvalue weighted by Gasteiger charge is -2.34. The number of aromatic nitrogens is 3. The van der Waals surface area contributed by atoms with Crippen molar-refractivity contribution in [1.29, 1.82) is 0 Å². The number of pyridine rings is 1. The molecule has 2 aliphatic heterocycles. The molecule has 4 heterocycles. The van der Waals surface area contributed by atoms with Crippen LogP contribution in [-0.4, -0.2) is 70.8 Å². The van der Waals surface area contributed by atoms with E-state index in [0.29, 0.717) is 35.2 Å². The summed E-state index contributed by atoms with van der Waals surface area (Å²) in [5.74, 6) is 0.291. The lowest BCUT2D eigenvalue weighted by Crippen LogP contribution is -2.44. The third-order valence-corrected chi connectivity index (χ3v) is 7.78. The maximum atomic E-state index is 15.5. The van der Waals surface area contributed by atoms with Crippen LogP contribution in [0.5, 0.6) is 0 Å². The van der Waals surface area contributed by atoms with E-state index in [1.165, 1.54) is 6.07 Å². The first kappa shape index (κ1) is 25.0. The Balaban J connectivity index is 1.44. The van der Waals surface area contributed by atoms with Crippen LogP contribution < -0.4 is 10.3 Å². The molecule has 2 aliphatic rings. The van der Waals surface area contributed by atoms with Crippen LogP contribution in [0.1, 0.15) is 24.3 Å². The first-order valence-corrected chi connectivity index (χ1v) is 13.4. The number of likely N-dealkylation sites (N-methyl/N-ethyl adjacent to an activating group) is 1. The van der Waals surface area contributed by atoms with Gasteiger partial charge in [-0.3, -0.25) is 9.69 Å². The molecule has 0 unspecified atom stereocenters. The molecule has 2 saturated heterocycles. The van der Waals surface area contributed by atoms with Crippen LogP contribution in [0.15, 0.2) is 51.9 Å². The molecule has 6 rings (SSSR count). The van der Waals surface area contributed by atoms with Crippen LogP contribution in [0.3, 0.4) is 0 Å². The normalized spacial score (nSPS) is 17.1. The van der Waals surface area contributed by atoms with Crippen LogP contribution in [0, 0.1) is 5.82 Å². The van der Waals surface area contributed by atoms with Crippen LogP contribution in [0.2, 0.25) is 5.02 Å². The first-order valence-electron chi connectivity index (χ1n) is 13.0. The molecule has 0 radical (unpaired) electrons. The SMILES string of the molecule is CN1CCN(c2cc3c(cc2F)c(=O)c(-c2noc(CN4CCCC4)n2)cn3Cc2ccc(Cl)cc2)CC1. The Bertz CT molecular complexity index is 1500. The number of halogens is 2. The molecule has 198 valence electrons. The number of hydrogen-bond acceptors (Lipinski definition) is 7. The van der Waals surface area contributed by atoms with Gasteiger partial charge in [0.15, 0.2) is 0 Å². The number of hydrogen-bond donors (Lipinski definition) is 0. The van der Waals surface area contributed by atoms with Crippen molar-refractivity contribution in [3.8, 4) is 11.4 Å². The van der Waals surface area contributed by atoms with Gasteiger partial charge in [-0.25, -0.2) is 4.39 Å². The highest BCUT2D eigenvalue weighted by molar-refractivity contribution is 6.30. The lowest BCUT2D eigenvalue weighted by molar-refractivity contribution is 0.268. The van der Waals surface area contributed by atoms with Crippen molar-refractivity contribution in [2.24, 2.45) is 0 Å². The molecular formula is C28H30ClFN6O2. The number of fused-ring (bicyclic) bond motifs is 1. The van der Waals surface area contributed by atoms with Crippen molar-refractivity contribution < 1.29 is 8.91 Å².